The Hall–Kier alpha value is -1.77. The van der Waals surface area contributed by atoms with Gasteiger partial charge in [0.15, 0.2) is 5.76 Å². The lowest BCUT2D eigenvalue weighted by atomic mass is 10.1. The minimum Gasteiger partial charge on any atom is -0.459 e. The van der Waals surface area contributed by atoms with Crippen molar-refractivity contribution in [2.75, 3.05) is 6.54 Å². The number of hydrogen-bond donors (Lipinski definition) is 1. The second kappa shape index (κ2) is 11.1. The van der Waals surface area contributed by atoms with Crippen molar-refractivity contribution in [2.45, 2.75) is 45.4 Å². The molecule has 1 N–H and O–H groups in total. The summed E-state index contributed by atoms with van der Waals surface area (Å²) in [6.45, 7) is 2.75. The summed E-state index contributed by atoms with van der Waals surface area (Å²) >= 11 is 0. The van der Waals surface area contributed by atoms with Gasteiger partial charge < -0.3 is 9.73 Å². The van der Waals surface area contributed by atoms with E-state index in [1.807, 2.05) is 18.2 Å². The third-order valence-corrected chi connectivity index (χ3v) is 2.98. The van der Waals surface area contributed by atoms with E-state index in [0.717, 1.165) is 6.42 Å². The molecule has 0 radical (unpaired) electrons. The minimum absolute atomic E-state index is 0.181. The molecule has 0 atom stereocenters. The minimum atomic E-state index is -0.181. The van der Waals surface area contributed by atoms with E-state index < -0.39 is 0 Å². The van der Waals surface area contributed by atoms with Crippen LogP contribution in [0.1, 0.15) is 56.0 Å². The van der Waals surface area contributed by atoms with E-state index in [-0.39, 0.29) is 5.91 Å². The lowest BCUT2D eigenvalue weighted by molar-refractivity contribution is 0.0930. The van der Waals surface area contributed by atoms with E-state index in [0.29, 0.717) is 12.3 Å². The van der Waals surface area contributed by atoms with Crippen LogP contribution in [-0.2, 0) is 0 Å². The molecule has 0 aliphatic rings. The number of allylic oxidation sites excluding steroid dienone is 3. The standard InChI is InChI=1S/C17H25NO2/c1-2-3-4-5-6-7-8-9-10-11-14-18-17(19)16-13-12-15-20-16/h8-13,15H,2-7,14H2,1H3,(H,18,19). The Morgan fingerprint density at radius 1 is 1.20 bits per heavy atom. The fourth-order valence-corrected chi connectivity index (χ4v) is 1.83. The number of furan rings is 1. The van der Waals surface area contributed by atoms with E-state index in [2.05, 4.69) is 18.3 Å². The Labute approximate surface area is 121 Å². The van der Waals surface area contributed by atoms with Crippen LogP contribution in [0, 0.1) is 0 Å². The topological polar surface area (TPSA) is 42.2 Å². The van der Waals surface area contributed by atoms with Gasteiger partial charge in [0.1, 0.15) is 0 Å². The van der Waals surface area contributed by atoms with E-state index in [1.54, 1.807) is 12.1 Å². The maximum absolute atomic E-state index is 11.5. The van der Waals surface area contributed by atoms with Crippen LogP contribution in [0.3, 0.4) is 0 Å². The van der Waals surface area contributed by atoms with Crippen molar-refractivity contribution in [3.8, 4) is 0 Å². The van der Waals surface area contributed by atoms with Crippen molar-refractivity contribution in [3.05, 3.63) is 48.5 Å². The highest BCUT2D eigenvalue weighted by molar-refractivity contribution is 5.91. The molecule has 3 heteroatoms. The summed E-state index contributed by atoms with van der Waals surface area (Å²) in [7, 11) is 0. The van der Waals surface area contributed by atoms with Crippen LogP contribution in [0.25, 0.3) is 0 Å². The van der Waals surface area contributed by atoms with Gasteiger partial charge in [-0.2, -0.15) is 0 Å². The van der Waals surface area contributed by atoms with Crippen molar-refractivity contribution in [1.82, 2.24) is 5.32 Å². The molecular formula is C17H25NO2. The average molecular weight is 275 g/mol. The molecule has 0 fully saturated rings. The van der Waals surface area contributed by atoms with Gasteiger partial charge >= 0.3 is 0 Å². The van der Waals surface area contributed by atoms with Gasteiger partial charge in [-0.05, 0) is 25.0 Å². The highest BCUT2D eigenvalue weighted by atomic mass is 16.3. The number of rotatable bonds is 10. The highest BCUT2D eigenvalue weighted by Gasteiger charge is 2.05. The van der Waals surface area contributed by atoms with Crippen LogP contribution in [0.4, 0.5) is 0 Å². The summed E-state index contributed by atoms with van der Waals surface area (Å²) in [6, 6.07) is 3.35. The van der Waals surface area contributed by atoms with Crippen LogP contribution >= 0.6 is 0 Å². The smallest absolute Gasteiger partial charge is 0.287 e. The zero-order chi connectivity index (χ0) is 14.5. The SMILES string of the molecule is CCCCCCCC=CC=CCNC(=O)c1ccco1. The molecule has 0 saturated carbocycles. The average Bonchev–Trinajstić information content (AvgIpc) is 2.99. The fraction of sp³-hybridized carbons (Fsp3) is 0.471. The number of amides is 1. The molecule has 1 aromatic rings. The Bertz CT molecular complexity index is 405. The third-order valence-electron chi connectivity index (χ3n) is 2.98. The van der Waals surface area contributed by atoms with Crippen molar-refractivity contribution in [1.29, 1.82) is 0 Å². The summed E-state index contributed by atoms with van der Waals surface area (Å²) in [5.74, 6) is 0.167. The van der Waals surface area contributed by atoms with Gasteiger partial charge in [0.2, 0.25) is 0 Å². The third kappa shape index (κ3) is 7.62. The maximum atomic E-state index is 11.5. The molecular weight excluding hydrogens is 250 g/mol. The largest absolute Gasteiger partial charge is 0.459 e. The van der Waals surface area contributed by atoms with Crippen LogP contribution < -0.4 is 5.32 Å². The number of unbranched alkanes of at least 4 members (excludes halogenated alkanes) is 5. The predicted octanol–water partition coefficient (Wildman–Crippen LogP) is 4.48. The van der Waals surface area contributed by atoms with Gasteiger partial charge in [-0.15, -0.1) is 0 Å². The molecule has 1 rings (SSSR count). The zero-order valence-corrected chi connectivity index (χ0v) is 12.3. The van der Waals surface area contributed by atoms with Crippen molar-refractivity contribution < 1.29 is 9.21 Å². The quantitative estimate of drug-likeness (QED) is 0.505. The second-order valence-electron chi connectivity index (χ2n) is 4.75. The molecule has 20 heavy (non-hydrogen) atoms. The summed E-state index contributed by atoms with van der Waals surface area (Å²) < 4.78 is 5.00. The molecule has 0 bridgehead atoms. The molecule has 0 aliphatic heterocycles. The van der Waals surface area contributed by atoms with Crippen LogP contribution in [0.5, 0.6) is 0 Å². The van der Waals surface area contributed by atoms with Gasteiger partial charge in [-0.25, -0.2) is 0 Å². The first kappa shape index (κ1) is 16.3. The number of carbonyl (C=O) groups is 1. The molecule has 1 heterocycles. The lowest BCUT2D eigenvalue weighted by Gasteiger charge is -1.97. The first-order valence-electron chi connectivity index (χ1n) is 7.48. The van der Waals surface area contributed by atoms with E-state index in [4.69, 9.17) is 4.42 Å². The molecule has 3 nitrogen and oxygen atoms in total. The second-order valence-corrected chi connectivity index (χ2v) is 4.75. The maximum Gasteiger partial charge on any atom is 0.287 e. The van der Waals surface area contributed by atoms with Gasteiger partial charge in [0, 0.05) is 6.54 Å². The van der Waals surface area contributed by atoms with Gasteiger partial charge in [-0.3, -0.25) is 4.79 Å². The Morgan fingerprint density at radius 2 is 2.00 bits per heavy atom. The molecule has 0 aromatic carbocycles. The molecule has 1 amide bonds. The Morgan fingerprint density at radius 3 is 2.75 bits per heavy atom. The van der Waals surface area contributed by atoms with Gasteiger partial charge in [0.25, 0.3) is 5.91 Å². The van der Waals surface area contributed by atoms with Crippen LogP contribution in [0.15, 0.2) is 47.1 Å². The zero-order valence-electron chi connectivity index (χ0n) is 12.3. The first-order chi connectivity index (χ1) is 9.84. The predicted molar refractivity (Wildman–Crippen MR) is 82.7 cm³/mol. The summed E-state index contributed by atoms with van der Waals surface area (Å²) in [6.07, 6.45) is 17.3. The first-order valence-corrected chi connectivity index (χ1v) is 7.48. The fourth-order valence-electron chi connectivity index (χ4n) is 1.83. The summed E-state index contributed by atoms with van der Waals surface area (Å²) in [4.78, 5) is 11.5. The van der Waals surface area contributed by atoms with Crippen molar-refractivity contribution in [2.24, 2.45) is 0 Å². The van der Waals surface area contributed by atoms with E-state index >= 15 is 0 Å². The van der Waals surface area contributed by atoms with Gasteiger partial charge in [0.05, 0.1) is 6.26 Å². The molecule has 0 unspecified atom stereocenters. The summed E-state index contributed by atoms with van der Waals surface area (Å²) in [5.41, 5.74) is 0. The monoisotopic (exact) mass is 275 g/mol. The Balaban J connectivity index is 2.00. The Kier molecular flexibility index (Phi) is 9.03. The van der Waals surface area contributed by atoms with Crippen molar-refractivity contribution >= 4 is 5.91 Å². The lowest BCUT2D eigenvalue weighted by Crippen LogP contribution is -2.22. The molecule has 0 spiro atoms. The molecule has 110 valence electrons. The van der Waals surface area contributed by atoms with Crippen LogP contribution in [-0.4, -0.2) is 12.5 Å². The molecule has 0 saturated heterocycles. The number of hydrogen-bond acceptors (Lipinski definition) is 2. The number of nitrogens with one attached hydrogen (secondary N) is 1. The highest BCUT2D eigenvalue weighted by Crippen LogP contribution is 2.05. The number of carbonyl (C=O) groups excluding carboxylic acids is 1. The molecule has 0 aliphatic carbocycles. The van der Waals surface area contributed by atoms with E-state index in [1.165, 1.54) is 38.4 Å². The molecule has 1 aromatic heterocycles. The summed E-state index contributed by atoms with van der Waals surface area (Å²) in [5, 5.41) is 2.76. The van der Waals surface area contributed by atoms with E-state index in [9.17, 15) is 4.79 Å². The van der Waals surface area contributed by atoms with Crippen LogP contribution in [0.2, 0.25) is 0 Å². The van der Waals surface area contributed by atoms with Crippen molar-refractivity contribution in [3.63, 3.8) is 0 Å². The van der Waals surface area contributed by atoms with Gasteiger partial charge in [-0.1, -0.05) is 56.9 Å². The normalized spacial score (nSPS) is 11.4.